The maximum atomic E-state index is 12.3. The van der Waals surface area contributed by atoms with Crippen LogP contribution in [-0.4, -0.2) is 33.8 Å². The number of nitriles is 1. The average molecular weight is 417 g/mol. The zero-order valence-corrected chi connectivity index (χ0v) is 15.3. The number of amides is 1. The number of aromatic nitrogens is 3. The van der Waals surface area contributed by atoms with Crippen molar-refractivity contribution < 1.29 is 27.2 Å². The number of nitrogens with zero attached hydrogens (tertiary/aromatic N) is 4. The Balaban J connectivity index is 1.56. The van der Waals surface area contributed by atoms with Crippen molar-refractivity contribution >= 4 is 11.6 Å². The smallest absolute Gasteiger partial charge is 0.422 e. The molecule has 0 aliphatic heterocycles. The van der Waals surface area contributed by atoms with Crippen molar-refractivity contribution in [1.29, 1.82) is 5.26 Å². The standard InChI is InChI=1S/C19H14F3N5O3/c20-19(21,22)11-29-15-4-3-14(8-13(15)9-23)25-16(28)5-6-17-26-18(27-30-17)12-2-1-7-24-10-12/h1-4,7-8,10H,5-6,11H2,(H,25,28). The molecule has 30 heavy (non-hydrogen) atoms. The highest BCUT2D eigenvalue weighted by Gasteiger charge is 2.28. The number of nitrogens with one attached hydrogen (secondary N) is 1. The van der Waals surface area contributed by atoms with Crippen molar-refractivity contribution in [3.63, 3.8) is 0 Å². The fourth-order valence-electron chi connectivity index (χ4n) is 2.39. The van der Waals surface area contributed by atoms with Crippen LogP contribution in [0, 0.1) is 11.3 Å². The van der Waals surface area contributed by atoms with E-state index in [2.05, 4.69) is 25.2 Å². The third-order valence-electron chi connectivity index (χ3n) is 3.73. The number of alkyl halides is 3. The van der Waals surface area contributed by atoms with Crippen LogP contribution in [-0.2, 0) is 11.2 Å². The summed E-state index contributed by atoms with van der Waals surface area (Å²) in [4.78, 5) is 20.3. The molecule has 0 aliphatic carbocycles. The highest BCUT2D eigenvalue weighted by Crippen LogP contribution is 2.25. The Morgan fingerprint density at radius 2 is 2.13 bits per heavy atom. The second kappa shape index (κ2) is 9.04. The number of ether oxygens (including phenoxy) is 1. The molecule has 0 unspecified atom stereocenters. The maximum absolute atomic E-state index is 12.3. The normalized spacial score (nSPS) is 11.0. The van der Waals surface area contributed by atoms with Crippen LogP contribution in [0.1, 0.15) is 17.9 Å². The lowest BCUT2D eigenvalue weighted by molar-refractivity contribution is -0.153. The van der Waals surface area contributed by atoms with Crippen LogP contribution in [0.2, 0.25) is 0 Å². The zero-order valence-electron chi connectivity index (χ0n) is 15.3. The van der Waals surface area contributed by atoms with Crippen LogP contribution < -0.4 is 10.1 Å². The highest BCUT2D eigenvalue weighted by molar-refractivity contribution is 5.91. The summed E-state index contributed by atoms with van der Waals surface area (Å²) in [5.74, 6) is -0.00479. The molecule has 0 saturated heterocycles. The number of benzene rings is 1. The van der Waals surface area contributed by atoms with Gasteiger partial charge in [-0.2, -0.15) is 23.4 Å². The monoisotopic (exact) mass is 417 g/mol. The van der Waals surface area contributed by atoms with E-state index in [0.717, 1.165) is 0 Å². The van der Waals surface area contributed by atoms with Gasteiger partial charge in [-0.3, -0.25) is 9.78 Å². The average Bonchev–Trinajstić information content (AvgIpc) is 3.20. The van der Waals surface area contributed by atoms with Crippen molar-refractivity contribution in [2.45, 2.75) is 19.0 Å². The van der Waals surface area contributed by atoms with E-state index in [0.29, 0.717) is 11.4 Å². The Bertz CT molecular complexity index is 1060. The number of hydrogen-bond donors (Lipinski definition) is 1. The molecular weight excluding hydrogens is 403 g/mol. The molecule has 2 aromatic heterocycles. The molecule has 0 aliphatic rings. The number of anilines is 1. The van der Waals surface area contributed by atoms with E-state index in [9.17, 15) is 18.0 Å². The Kier molecular flexibility index (Phi) is 6.26. The minimum absolute atomic E-state index is 0.0168. The van der Waals surface area contributed by atoms with Crippen LogP contribution in [0.4, 0.5) is 18.9 Å². The first-order valence-electron chi connectivity index (χ1n) is 8.60. The molecule has 11 heteroatoms. The molecule has 0 bridgehead atoms. The van der Waals surface area contributed by atoms with E-state index in [1.165, 1.54) is 18.2 Å². The van der Waals surface area contributed by atoms with E-state index in [1.807, 2.05) is 0 Å². The van der Waals surface area contributed by atoms with Gasteiger partial charge in [-0.25, -0.2) is 0 Å². The summed E-state index contributed by atoms with van der Waals surface area (Å²) in [5.41, 5.74) is 0.793. The van der Waals surface area contributed by atoms with Crippen molar-refractivity contribution in [3.8, 4) is 23.2 Å². The molecule has 0 atom stereocenters. The second-order valence-corrected chi connectivity index (χ2v) is 6.03. The molecule has 1 amide bonds. The predicted octanol–water partition coefficient (Wildman–Crippen LogP) is 3.52. The van der Waals surface area contributed by atoms with Gasteiger partial charge < -0.3 is 14.6 Å². The van der Waals surface area contributed by atoms with Gasteiger partial charge in [-0.1, -0.05) is 5.16 Å². The van der Waals surface area contributed by atoms with Crippen molar-refractivity contribution in [2.24, 2.45) is 0 Å². The Morgan fingerprint density at radius 3 is 2.83 bits per heavy atom. The van der Waals surface area contributed by atoms with Crippen molar-refractivity contribution in [2.75, 3.05) is 11.9 Å². The number of pyridine rings is 1. The Labute approximate surface area is 168 Å². The van der Waals surface area contributed by atoms with Gasteiger partial charge in [-0.05, 0) is 30.3 Å². The number of rotatable bonds is 7. The zero-order chi connectivity index (χ0) is 21.6. The van der Waals surface area contributed by atoms with Gasteiger partial charge in [0.25, 0.3) is 0 Å². The molecule has 2 heterocycles. The predicted molar refractivity (Wildman–Crippen MR) is 97.2 cm³/mol. The number of halogens is 3. The van der Waals surface area contributed by atoms with Gasteiger partial charge >= 0.3 is 6.18 Å². The first-order chi connectivity index (χ1) is 14.3. The molecule has 8 nitrogen and oxygen atoms in total. The first kappa shape index (κ1) is 20.8. The first-order valence-corrected chi connectivity index (χ1v) is 8.60. The van der Waals surface area contributed by atoms with Gasteiger partial charge in [0, 0.05) is 36.5 Å². The van der Waals surface area contributed by atoms with E-state index < -0.39 is 18.7 Å². The van der Waals surface area contributed by atoms with E-state index in [-0.39, 0.29) is 35.7 Å². The molecule has 154 valence electrons. The summed E-state index contributed by atoms with van der Waals surface area (Å²) >= 11 is 0. The molecular formula is C19H14F3N5O3. The van der Waals surface area contributed by atoms with E-state index in [4.69, 9.17) is 9.78 Å². The lowest BCUT2D eigenvalue weighted by Gasteiger charge is -2.11. The molecule has 1 N–H and O–H groups in total. The van der Waals surface area contributed by atoms with Gasteiger partial charge in [-0.15, -0.1) is 0 Å². The lowest BCUT2D eigenvalue weighted by Crippen LogP contribution is -2.19. The molecule has 0 spiro atoms. The molecule has 3 aromatic rings. The van der Waals surface area contributed by atoms with Crippen molar-refractivity contribution in [3.05, 3.63) is 54.2 Å². The minimum atomic E-state index is -4.52. The third-order valence-corrected chi connectivity index (χ3v) is 3.73. The largest absolute Gasteiger partial charge is 0.483 e. The molecule has 0 radical (unpaired) electrons. The van der Waals surface area contributed by atoms with Gasteiger partial charge in [0.05, 0.1) is 5.56 Å². The minimum Gasteiger partial charge on any atom is -0.483 e. The summed E-state index contributed by atoms with van der Waals surface area (Å²) in [6, 6.07) is 9.01. The summed E-state index contributed by atoms with van der Waals surface area (Å²) < 4.78 is 46.5. The number of aryl methyl sites for hydroxylation is 1. The van der Waals surface area contributed by atoms with Crippen LogP contribution >= 0.6 is 0 Å². The summed E-state index contributed by atoms with van der Waals surface area (Å²) in [5, 5.41) is 15.5. The van der Waals surface area contributed by atoms with Crippen LogP contribution in [0.5, 0.6) is 5.75 Å². The highest BCUT2D eigenvalue weighted by atomic mass is 19.4. The fourth-order valence-corrected chi connectivity index (χ4v) is 2.39. The molecule has 1 aromatic carbocycles. The summed E-state index contributed by atoms with van der Waals surface area (Å²) in [6.45, 7) is -1.52. The van der Waals surface area contributed by atoms with Gasteiger partial charge in [0.2, 0.25) is 17.6 Å². The molecule has 0 saturated carbocycles. The lowest BCUT2D eigenvalue weighted by atomic mass is 10.2. The summed E-state index contributed by atoms with van der Waals surface area (Å²) in [6.07, 6.45) is -1.14. The third kappa shape index (κ3) is 5.78. The molecule has 3 rings (SSSR count). The number of carbonyl (C=O) groups excluding carboxylic acids is 1. The molecule has 0 fully saturated rings. The second-order valence-electron chi connectivity index (χ2n) is 6.03. The van der Waals surface area contributed by atoms with Gasteiger partial charge in [0.15, 0.2) is 6.61 Å². The number of hydrogen-bond acceptors (Lipinski definition) is 7. The topological polar surface area (TPSA) is 114 Å². The fraction of sp³-hybridized carbons (Fsp3) is 0.211. The van der Waals surface area contributed by atoms with Crippen LogP contribution in [0.15, 0.2) is 47.2 Å². The quantitative estimate of drug-likeness (QED) is 0.626. The number of carbonyl (C=O) groups is 1. The SMILES string of the molecule is N#Cc1cc(NC(=O)CCc2nc(-c3cccnc3)no2)ccc1OCC(F)(F)F. The Hall–Kier alpha value is -3.94. The summed E-state index contributed by atoms with van der Waals surface area (Å²) in [7, 11) is 0. The van der Waals surface area contributed by atoms with Crippen LogP contribution in [0.25, 0.3) is 11.4 Å². The maximum Gasteiger partial charge on any atom is 0.422 e. The van der Waals surface area contributed by atoms with Gasteiger partial charge in [0.1, 0.15) is 11.8 Å². The Morgan fingerprint density at radius 1 is 1.30 bits per heavy atom. The van der Waals surface area contributed by atoms with Crippen LogP contribution in [0.3, 0.4) is 0 Å². The van der Waals surface area contributed by atoms with Crippen molar-refractivity contribution in [1.82, 2.24) is 15.1 Å². The van der Waals surface area contributed by atoms with E-state index in [1.54, 1.807) is 30.6 Å². The van der Waals surface area contributed by atoms with E-state index >= 15 is 0 Å².